The highest BCUT2D eigenvalue weighted by Gasteiger charge is 2.23. The quantitative estimate of drug-likeness (QED) is 0.875. The molecule has 2 heterocycles. The van der Waals surface area contributed by atoms with Gasteiger partial charge in [0.15, 0.2) is 0 Å². The third kappa shape index (κ3) is 2.28. The zero-order valence-electron chi connectivity index (χ0n) is 11.5. The van der Waals surface area contributed by atoms with Crippen molar-refractivity contribution in [2.45, 2.75) is 18.9 Å². The second-order valence-electron chi connectivity index (χ2n) is 5.35. The molecule has 0 radical (unpaired) electrons. The number of aromatic nitrogens is 1. The van der Waals surface area contributed by atoms with Crippen molar-refractivity contribution in [2.24, 2.45) is 0 Å². The number of fused-ring (bicyclic) bond motifs is 1. The fraction of sp³-hybridized carbons (Fsp3) is 0.500. The molecule has 102 valence electrons. The summed E-state index contributed by atoms with van der Waals surface area (Å²) >= 11 is 1.64. The van der Waals surface area contributed by atoms with Crippen LogP contribution in [0.5, 0.6) is 0 Å². The van der Waals surface area contributed by atoms with Crippen molar-refractivity contribution in [1.82, 2.24) is 9.88 Å². The number of likely N-dealkylation sites (tertiary alicyclic amines) is 1. The molecule has 1 aromatic heterocycles. The van der Waals surface area contributed by atoms with Gasteiger partial charge in [0.1, 0.15) is 5.52 Å². The number of nitrogen functional groups attached to an aromatic ring is 1. The molecule has 0 bridgehead atoms. The first-order chi connectivity index (χ1) is 9.16. The number of thiazole rings is 1. The minimum atomic E-state index is 0.635. The van der Waals surface area contributed by atoms with Crippen LogP contribution in [-0.4, -0.2) is 43.1 Å². The lowest BCUT2D eigenvalue weighted by atomic mass is 10.2. The van der Waals surface area contributed by atoms with Crippen molar-refractivity contribution in [3.63, 3.8) is 0 Å². The third-order valence-corrected chi connectivity index (χ3v) is 4.88. The highest BCUT2D eigenvalue weighted by Crippen LogP contribution is 2.32. The Morgan fingerprint density at radius 1 is 1.53 bits per heavy atom. The number of hydrogen-bond acceptors (Lipinski definition) is 5. The Morgan fingerprint density at radius 2 is 2.37 bits per heavy atom. The van der Waals surface area contributed by atoms with E-state index < -0.39 is 0 Å². The third-order valence-electron chi connectivity index (χ3n) is 4.09. The fourth-order valence-electron chi connectivity index (χ4n) is 2.90. The van der Waals surface area contributed by atoms with E-state index in [1.807, 2.05) is 5.51 Å². The monoisotopic (exact) mass is 276 g/mol. The Labute approximate surface area is 117 Å². The van der Waals surface area contributed by atoms with Crippen molar-refractivity contribution >= 4 is 32.9 Å². The molecule has 5 heteroatoms. The van der Waals surface area contributed by atoms with E-state index in [2.05, 4.69) is 41.0 Å². The van der Waals surface area contributed by atoms with E-state index in [0.29, 0.717) is 6.04 Å². The first-order valence-corrected chi connectivity index (χ1v) is 7.58. The summed E-state index contributed by atoms with van der Waals surface area (Å²) in [6.07, 6.45) is 2.58. The van der Waals surface area contributed by atoms with Gasteiger partial charge in [-0.3, -0.25) is 0 Å². The highest BCUT2D eigenvalue weighted by molar-refractivity contribution is 7.16. The molecule has 2 aromatic rings. The Kier molecular flexibility index (Phi) is 3.33. The average Bonchev–Trinajstić information content (AvgIpc) is 3.00. The van der Waals surface area contributed by atoms with Gasteiger partial charge in [0.25, 0.3) is 0 Å². The van der Waals surface area contributed by atoms with E-state index in [1.54, 1.807) is 11.3 Å². The Balaban J connectivity index is 1.84. The normalized spacial score (nSPS) is 20.2. The molecule has 1 aromatic carbocycles. The van der Waals surface area contributed by atoms with E-state index in [1.165, 1.54) is 19.4 Å². The maximum absolute atomic E-state index is 6.26. The van der Waals surface area contributed by atoms with Gasteiger partial charge >= 0.3 is 0 Å². The summed E-state index contributed by atoms with van der Waals surface area (Å²) < 4.78 is 1.16. The molecule has 4 nitrogen and oxygen atoms in total. The van der Waals surface area contributed by atoms with Crippen LogP contribution in [0.3, 0.4) is 0 Å². The molecule has 0 saturated carbocycles. The molecular weight excluding hydrogens is 256 g/mol. The first kappa shape index (κ1) is 12.7. The smallest absolute Gasteiger partial charge is 0.106 e. The van der Waals surface area contributed by atoms with E-state index in [9.17, 15) is 0 Å². The number of rotatable bonds is 3. The van der Waals surface area contributed by atoms with E-state index in [-0.39, 0.29) is 0 Å². The lowest BCUT2D eigenvalue weighted by Crippen LogP contribution is -2.36. The number of hydrogen-bond donors (Lipinski definition) is 1. The largest absolute Gasteiger partial charge is 0.395 e. The SMILES string of the molecule is CN(CC1CCCN1C)c1ccc2scnc2c1N. The molecule has 0 spiro atoms. The summed E-state index contributed by atoms with van der Waals surface area (Å²) in [5.41, 5.74) is 11.0. The number of anilines is 2. The minimum absolute atomic E-state index is 0.635. The highest BCUT2D eigenvalue weighted by atomic mass is 32.1. The Hall–Kier alpha value is -1.33. The second kappa shape index (κ2) is 4.98. The molecule has 0 aliphatic carbocycles. The molecule has 3 rings (SSSR count). The Bertz CT molecular complexity index is 580. The van der Waals surface area contributed by atoms with Crippen molar-refractivity contribution in [2.75, 3.05) is 37.8 Å². The summed E-state index contributed by atoms with van der Waals surface area (Å²) in [4.78, 5) is 9.07. The topological polar surface area (TPSA) is 45.4 Å². The van der Waals surface area contributed by atoms with Crippen LogP contribution in [0.25, 0.3) is 10.2 Å². The van der Waals surface area contributed by atoms with Gasteiger partial charge in [0, 0.05) is 19.6 Å². The van der Waals surface area contributed by atoms with Gasteiger partial charge in [0.05, 0.1) is 21.6 Å². The van der Waals surface area contributed by atoms with Gasteiger partial charge in [-0.15, -0.1) is 11.3 Å². The summed E-state index contributed by atoms with van der Waals surface area (Å²) in [5, 5.41) is 0. The van der Waals surface area contributed by atoms with Crippen LogP contribution in [0.1, 0.15) is 12.8 Å². The summed E-state index contributed by atoms with van der Waals surface area (Å²) in [5.74, 6) is 0. The maximum Gasteiger partial charge on any atom is 0.106 e. The molecule has 1 aliphatic rings. The van der Waals surface area contributed by atoms with Crippen molar-refractivity contribution < 1.29 is 0 Å². The summed E-state index contributed by atoms with van der Waals surface area (Å²) in [7, 11) is 4.33. The van der Waals surface area contributed by atoms with Gasteiger partial charge < -0.3 is 15.5 Å². The van der Waals surface area contributed by atoms with Crippen molar-refractivity contribution in [1.29, 1.82) is 0 Å². The first-order valence-electron chi connectivity index (χ1n) is 6.70. The summed E-state index contributed by atoms with van der Waals surface area (Å²) in [6.45, 7) is 2.23. The molecule has 1 unspecified atom stereocenters. The molecular formula is C14H20N4S. The lowest BCUT2D eigenvalue weighted by molar-refractivity contribution is 0.314. The standard InChI is InChI=1S/C14H20N4S/c1-17-7-3-4-10(17)8-18(2)11-5-6-12-14(13(11)15)16-9-19-12/h5-6,9-10H,3-4,7-8,15H2,1-2H3. The van der Waals surface area contributed by atoms with Crippen LogP contribution < -0.4 is 10.6 Å². The van der Waals surface area contributed by atoms with E-state index in [4.69, 9.17) is 5.73 Å². The molecule has 19 heavy (non-hydrogen) atoms. The molecule has 1 atom stereocenters. The molecule has 1 fully saturated rings. The van der Waals surface area contributed by atoms with Crippen LogP contribution in [0, 0.1) is 0 Å². The fourth-order valence-corrected chi connectivity index (χ4v) is 3.59. The predicted octanol–water partition coefficient (Wildman–Crippen LogP) is 2.41. The zero-order chi connectivity index (χ0) is 13.4. The van der Waals surface area contributed by atoms with Crippen LogP contribution >= 0.6 is 11.3 Å². The number of likely N-dealkylation sites (N-methyl/N-ethyl adjacent to an activating group) is 2. The zero-order valence-corrected chi connectivity index (χ0v) is 12.3. The number of nitrogens with two attached hydrogens (primary N) is 1. The van der Waals surface area contributed by atoms with Gasteiger partial charge in [-0.05, 0) is 38.6 Å². The summed E-state index contributed by atoms with van der Waals surface area (Å²) in [6, 6.07) is 4.87. The van der Waals surface area contributed by atoms with Crippen LogP contribution in [0.4, 0.5) is 11.4 Å². The van der Waals surface area contributed by atoms with Crippen LogP contribution in [-0.2, 0) is 0 Å². The Morgan fingerprint density at radius 3 is 3.11 bits per heavy atom. The number of nitrogens with zero attached hydrogens (tertiary/aromatic N) is 3. The van der Waals surface area contributed by atoms with Crippen molar-refractivity contribution in [3.05, 3.63) is 17.6 Å². The molecule has 1 saturated heterocycles. The van der Waals surface area contributed by atoms with E-state index in [0.717, 1.165) is 28.1 Å². The minimum Gasteiger partial charge on any atom is -0.395 e. The van der Waals surface area contributed by atoms with Crippen LogP contribution in [0.2, 0.25) is 0 Å². The molecule has 1 aliphatic heterocycles. The maximum atomic E-state index is 6.26. The van der Waals surface area contributed by atoms with Gasteiger partial charge in [-0.2, -0.15) is 0 Å². The predicted molar refractivity (Wildman–Crippen MR) is 83.0 cm³/mol. The van der Waals surface area contributed by atoms with Gasteiger partial charge in [-0.25, -0.2) is 4.98 Å². The van der Waals surface area contributed by atoms with E-state index >= 15 is 0 Å². The molecule has 0 amide bonds. The lowest BCUT2D eigenvalue weighted by Gasteiger charge is -2.28. The van der Waals surface area contributed by atoms with Crippen LogP contribution in [0.15, 0.2) is 17.6 Å². The van der Waals surface area contributed by atoms with Gasteiger partial charge in [0.2, 0.25) is 0 Å². The second-order valence-corrected chi connectivity index (χ2v) is 6.24. The van der Waals surface area contributed by atoms with Gasteiger partial charge in [-0.1, -0.05) is 0 Å². The van der Waals surface area contributed by atoms with Crippen molar-refractivity contribution in [3.8, 4) is 0 Å². The average molecular weight is 276 g/mol. The molecule has 2 N–H and O–H groups in total. The number of benzene rings is 1.